The smallest absolute Gasteiger partial charge is 0.334 e. The number of amides is 1. The molecular formula is C12H11F4NO3S. The van der Waals surface area contributed by atoms with Gasteiger partial charge in [0.05, 0.1) is 4.90 Å². The molecule has 0 atom stereocenters. The van der Waals surface area contributed by atoms with Crippen LogP contribution in [0.5, 0.6) is 0 Å². The highest BCUT2D eigenvalue weighted by Gasteiger charge is 2.42. The second kappa shape index (κ2) is 5.28. The Kier molecular flexibility index (Phi) is 3.96. The number of halogens is 4. The molecule has 0 fully saturated rings. The van der Waals surface area contributed by atoms with Gasteiger partial charge in [0.25, 0.3) is 0 Å². The second-order valence-electron chi connectivity index (χ2n) is 4.66. The van der Waals surface area contributed by atoms with E-state index in [1.54, 1.807) is 0 Å². The molecule has 2 rings (SSSR count). The molecule has 0 aromatic heterocycles. The molecule has 1 aliphatic rings. The van der Waals surface area contributed by atoms with E-state index < -0.39 is 27.2 Å². The molecule has 0 saturated carbocycles. The van der Waals surface area contributed by atoms with Crippen molar-refractivity contribution in [3.05, 3.63) is 29.3 Å². The fourth-order valence-electron chi connectivity index (χ4n) is 2.24. The van der Waals surface area contributed by atoms with E-state index in [2.05, 4.69) is 0 Å². The predicted octanol–water partition coefficient (Wildman–Crippen LogP) is 1.83. The van der Waals surface area contributed by atoms with Crippen LogP contribution in [0.25, 0.3) is 0 Å². The summed E-state index contributed by atoms with van der Waals surface area (Å²) < 4.78 is 71.8. The van der Waals surface area contributed by atoms with Crippen molar-refractivity contribution in [2.24, 2.45) is 0 Å². The van der Waals surface area contributed by atoms with E-state index in [-0.39, 0.29) is 25.9 Å². The van der Waals surface area contributed by atoms with Crippen molar-refractivity contribution in [2.45, 2.75) is 23.9 Å². The monoisotopic (exact) mass is 325 g/mol. The van der Waals surface area contributed by atoms with Gasteiger partial charge in [0.2, 0.25) is 0 Å². The molecular weight excluding hydrogens is 314 g/mol. The average molecular weight is 325 g/mol. The Morgan fingerprint density at radius 1 is 1.10 bits per heavy atom. The molecule has 1 aromatic carbocycles. The van der Waals surface area contributed by atoms with Gasteiger partial charge in [-0.3, -0.25) is 4.79 Å². The first-order valence-electron chi connectivity index (χ1n) is 6.01. The van der Waals surface area contributed by atoms with Gasteiger partial charge in [0, 0.05) is 13.1 Å². The van der Waals surface area contributed by atoms with Crippen LogP contribution < -0.4 is 0 Å². The molecule has 0 saturated heterocycles. The maximum Gasteiger partial charge on any atom is 0.471 e. The lowest BCUT2D eigenvalue weighted by atomic mass is 10.0. The van der Waals surface area contributed by atoms with Crippen LogP contribution >= 0.6 is 0 Å². The van der Waals surface area contributed by atoms with Gasteiger partial charge >= 0.3 is 22.3 Å². The zero-order valence-corrected chi connectivity index (χ0v) is 11.5. The Hall–Kier alpha value is -1.64. The third-order valence-corrected chi connectivity index (χ3v) is 4.11. The summed E-state index contributed by atoms with van der Waals surface area (Å²) >= 11 is 0. The Labute approximate surface area is 118 Å². The van der Waals surface area contributed by atoms with Crippen LogP contribution in [0.1, 0.15) is 11.1 Å². The number of carbonyl (C=O) groups is 1. The molecule has 0 bridgehead atoms. The van der Waals surface area contributed by atoms with Gasteiger partial charge < -0.3 is 4.90 Å². The summed E-state index contributed by atoms with van der Waals surface area (Å²) in [4.78, 5) is 11.3. The van der Waals surface area contributed by atoms with Gasteiger partial charge in [0.1, 0.15) is 0 Å². The molecule has 1 aliphatic heterocycles. The van der Waals surface area contributed by atoms with E-state index in [4.69, 9.17) is 0 Å². The quantitative estimate of drug-likeness (QED) is 0.585. The number of hydrogen-bond acceptors (Lipinski definition) is 3. The van der Waals surface area contributed by atoms with Crippen molar-refractivity contribution in [2.75, 3.05) is 13.1 Å². The van der Waals surface area contributed by atoms with E-state index >= 15 is 0 Å². The van der Waals surface area contributed by atoms with Crippen LogP contribution in [0.4, 0.5) is 17.1 Å². The van der Waals surface area contributed by atoms with E-state index in [1.807, 2.05) is 0 Å². The van der Waals surface area contributed by atoms with Gasteiger partial charge in [0.15, 0.2) is 0 Å². The van der Waals surface area contributed by atoms with Crippen molar-refractivity contribution >= 4 is 16.1 Å². The molecule has 9 heteroatoms. The SMILES string of the molecule is O=C(N1CCc2ccc(S(=O)(=O)F)cc2CC1)C(F)(F)F. The molecule has 0 N–H and O–H groups in total. The van der Waals surface area contributed by atoms with Crippen LogP contribution in [-0.2, 0) is 27.9 Å². The first-order valence-corrected chi connectivity index (χ1v) is 7.40. The minimum atomic E-state index is -4.94. The fraction of sp³-hybridized carbons (Fsp3) is 0.417. The minimum absolute atomic E-state index is 0.0422. The molecule has 0 aliphatic carbocycles. The average Bonchev–Trinajstić information content (AvgIpc) is 2.57. The van der Waals surface area contributed by atoms with E-state index in [1.165, 1.54) is 6.07 Å². The number of hydrogen-bond donors (Lipinski definition) is 0. The largest absolute Gasteiger partial charge is 0.471 e. The second-order valence-corrected chi connectivity index (χ2v) is 6.01. The molecule has 21 heavy (non-hydrogen) atoms. The lowest BCUT2D eigenvalue weighted by Gasteiger charge is -2.21. The van der Waals surface area contributed by atoms with Crippen molar-refractivity contribution in [1.29, 1.82) is 0 Å². The van der Waals surface area contributed by atoms with Gasteiger partial charge in [-0.15, -0.1) is 3.89 Å². The standard InChI is InChI=1S/C12H11F4NO3S/c13-12(14,15)11(18)17-5-3-8-1-2-10(21(16,19)20)7-9(8)4-6-17/h1-2,7H,3-6H2. The lowest BCUT2D eigenvalue weighted by molar-refractivity contribution is -0.185. The number of fused-ring (bicyclic) bond motifs is 1. The topological polar surface area (TPSA) is 54.5 Å². The molecule has 1 aromatic rings. The van der Waals surface area contributed by atoms with Crippen LogP contribution in [0, 0.1) is 0 Å². The first kappa shape index (κ1) is 15.7. The van der Waals surface area contributed by atoms with Crippen LogP contribution in [0.15, 0.2) is 23.1 Å². The third-order valence-electron chi connectivity index (χ3n) is 3.29. The van der Waals surface area contributed by atoms with Gasteiger partial charge in [-0.1, -0.05) is 6.07 Å². The van der Waals surface area contributed by atoms with Crippen LogP contribution in [0.2, 0.25) is 0 Å². The Morgan fingerprint density at radius 3 is 2.19 bits per heavy atom. The number of carbonyl (C=O) groups excluding carboxylic acids is 1. The van der Waals surface area contributed by atoms with Crippen molar-refractivity contribution in [3.63, 3.8) is 0 Å². The summed E-state index contributed by atoms with van der Waals surface area (Å²) in [7, 11) is -4.86. The summed E-state index contributed by atoms with van der Waals surface area (Å²) in [5, 5.41) is 0. The highest BCUT2D eigenvalue weighted by Crippen LogP contribution is 2.24. The number of nitrogens with zero attached hydrogens (tertiary/aromatic N) is 1. The minimum Gasteiger partial charge on any atom is -0.334 e. The van der Waals surface area contributed by atoms with E-state index in [0.29, 0.717) is 16.0 Å². The Morgan fingerprint density at radius 2 is 1.67 bits per heavy atom. The summed E-state index contributed by atoms with van der Waals surface area (Å²) in [5.74, 6) is -1.92. The van der Waals surface area contributed by atoms with Crippen molar-refractivity contribution in [3.8, 4) is 0 Å². The molecule has 1 heterocycles. The Balaban J connectivity index is 2.24. The zero-order chi connectivity index (χ0) is 15.8. The van der Waals surface area contributed by atoms with Gasteiger partial charge in [-0.2, -0.15) is 21.6 Å². The molecule has 116 valence electrons. The highest BCUT2D eigenvalue weighted by atomic mass is 32.3. The predicted molar refractivity (Wildman–Crippen MR) is 64.8 cm³/mol. The maximum atomic E-state index is 12.9. The summed E-state index contributed by atoms with van der Waals surface area (Å²) in [5.41, 5.74) is 1.05. The number of rotatable bonds is 1. The molecule has 0 radical (unpaired) electrons. The maximum absolute atomic E-state index is 12.9. The van der Waals surface area contributed by atoms with Crippen molar-refractivity contribution in [1.82, 2.24) is 4.90 Å². The molecule has 0 spiro atoms. The summed E-state index contributed by atoms with van der Waals surface area (Å²) in [6, 6.07) is 3.53. The van der Waals surface area contributed by atoms with E-state index in [0.717, 1.165) is 12.1 Å². The molecule has 4 nitrogen and oxygen atoms in total. The summed E-state index contributed by atoms with van der Waals surface area (Å²) in [6.45, 7) is -0.311. The fourth-order valence-corrected chi connectivity index (χ4v) is 2.75. The number of benzene rings is 1. The highest BCUT2D eigenvalue weighted by molar-refractivity contribution is 7.86. The Bertz CT molecular complexity index is 670. The van der Waals surface area contributed by atoms with E-state index in [9.17, 15) is 30.3 Å². The van der Waals surface area contributed by atoms with Crippen LogP contribution in [0.3, 0.4) is 0 Å². The molecule has 0 unspecified atom stereocenters. The lowest BCUT2D eigenvalue weighted by Crippen LogP contribution is -2.42. The summed E-state index contributed by atoms with van der Waals surface area (Å²) in [6.07, 6.45) is -4.74. The zero-order valence-electron chi connectivity index (χ0n) is 10.7. The van der Waals surface area contributed by atoms with Gasteiger partial charge in [-0.25, -0.2) is 0 Å². The van der Waals surface area contributed by atoms with Crippen molar-refractivity contribution < 1.29 is 30.3 Å². The van der Waals surface area contributed by atoms with Gasteiger partial charge in [-0.05, 0) is 36.1 Å². The normalized spacial score (nSPS) is 16.3. The number of alkyl halides is 3. The first-order chi connectivity index (χ1) is 9.59. The third kappa shape index (κ3) is 3.52. The molecule has 1 amide bonds. The van der Waals surface area contributed by atoms with Crippen LogP contribution in [-0.4, -0.2) is 38.5 Å².